The van der Waals surface area contributed by atoms with Gasteiger partial charge in [0.15, 0.2) is 0 Å². The molecule has 0 aromatic heterocycles. The molecule has 1 atom stereocenters. The van der Waals surface area contributed by atoms with Gasteiger partial charge in [-0.25, -0.2) is 0 Å². The lowest BCUT2D eigenvalue weighted by molar-refractivity contribution is -0.141. The van der Waals surface area contributed by atoms with Gasteiger partial charge in [-0.15, -0.1) is 0 Å². The van der Waals surface area contributed by atoms with Gasteiger partial charge in [-0.1, -0.05) is 56.3 Å². The minimum absolute atomic E-state index is 0.0388. The predicted octanol–water partition coefficient (Wildman–Crippen LogP) is 3.20. The summed E-state index contributed by atoms with van der Waals surface area (Å²) in [6.45, 7) is 1.90. The molecule has 0 spiro atoms. The van der Waals surface area contributed by atoms with E-state index in [-0.39, 0.29) is 12.3 Å². The van der Waals surface area contributed by atoms with E-state index in [1.807, 2.05) is 47.8 Å². The molecule has 0 saturated heterocycles. The fourth-order valence-electron chi connectivity index (χ4n) is 2.68. The highest BCUT2D eigenvalue weighted by molar-refractivity contribution is 5.92. The van der Waals surface area contributed by atoms with Crippen molar-refractivity contribution in [3.63, 3.8) is 0 Å². The fourth-order valence-corrected chi connectivity index (χ4v) is 2.68. The highest BCUT2D eigenvalue weighted by Gasteiger charge is 2.31. The van der Waals surface area contributed by atoms with E-state index in [1.165, 1.54) is 0 Å². The van der Waals surface area contributed by atoms with Crippen LogP contribution in [0, 0.1) is 5.92 Å². The first-order valence-corrected chi connectivity index (χ1v) is 8.28. The van der Waals surface area contributed by atoms with Crippen molar-refractivity contribution < 1.29 is 22.8 Å². The van der Waals surface area contributed by atoms with Gasteiger partial charge in [-0.3, -0.25) is 9.59 Å². The Morgan fingerprint density at radius 1 is 1.04 bits per heavy atom. The molecule has 140 valence electrons. The molecule has 0 fully saturated rings. The monoisotopic (exact) mass is 366 g/mol. The van der Waals surface area contributed by atoms with E-state index in [9.17, 15) is 22.8 Å². The maximum absolute atomic E-state index is 12.4. The van der Waals surface area contributed by atoms with Crippen molar-refractivity contribution in [2.24, 2.45) is 5.92 Å². The summed E-state index contributed by atoms with van der Waals surface area (Å²) in [6, 6.07) is 12.1. The zero-order valence-electron chi connectivity index (χ0n) is 14.6. The molecule has 0 aliphatic heterocycles. The molecular weight excluding hydrogens is 345 g/mol. The van der Waals surface area contributed by atoms with Crippen molar-refractivity contribution in [2.45, 2.75) is 32.5 Å². The van der Waals surface area contributed by atoms with Gasteiger partial charge in [0.2, 0.25) is 11.8 Å². The van der Waals surface area contributed by atoms with Gasteiger partial charge in [0.1, 0.15) is 12.6 Å². The van der Waals surface area contributed by atoms with Crippen LogP contribution in [0.15, 0.2) is 42.5 Å². The third-order valence-electron chi connectivity index (χ3n) is 3.96. The zero-order valence-corrected chi connectivity index (χ0v) is 14.6. The van der Waals surface area contributed by atoms with Gasteiger partial charge >= 0.3 is 6.18 Å². The lowest BCUT2D eigenvalue weighted by Gasteiger charge is -2.22. The van der Waals surface area contributed by atoms with Gasteiger partial charge in [0.05, 0.1) is 6.42 Å². The van der Waals surface area contributed by atoms with Crippen LogP contribution in [0.1, 0.15) is 19.4 Å². The zero-order chi connectivity index (χ0) is 19.3. The van der Waals surface area contributed by atoms with Crippen LogP contribution in [-0.4, -0.2) is 30.6 Å². The van der Waals surface area contributed by atoms with E-state index in [2.05, 4.69) is 5.32 Å². The molecule has 0 aliphatic carbocycles. The minimum atomic E-state index is -4.50. The summed E-state index contributed by atoms with van der Waals surface area (Å²) in [5, 5.41) is 6.28. The van der Waals surface area contributed by atoms with Crippen LogP contribution in [0.3, 0.4) is 0 Å². The maximum atomic E-state index is 12.4. The van der Waals surface area contributed by atoms with Crippen LogP contribution in [0.2, 0.25) is 0 Å². The molecule has 26 heavy (non-hydrogen) atoms. The number of carbonyl (C=O) groups excluding carboxylic acids is 2. The number of benzene rings is 2. The smallest absolute Gasteiger partial charge is 0.345 e. The molecule has 0 aliphatic rings. The first-order valence-electron chi connectivity index (χ1n) is 8.28. The summed E-state index contributed by atoms with van der Waals surface area (Å²) in [7, 11) is 0. The lowest BCUT2D eigenvalue weighted by Crippen LogP contribution is -2.51. The Morgan fingerprint density at radius 3 is 2.35 bits per heavy atom. The summed E-state index contributed by atoms with van der Waals surface area (Å²) in [5.41, 5.74) is 0.791. The Labute approximate surface area is 149 Å². The first kappa shape index (κ1) is 19.8. The molecule has 2 rings (SSSR count). The molecule has 0 radical (unpaired) electrons. The number of alkyl halides is 3. The third-order valence-corrected chi connectivity index (χ3v) is 3.96. The summed E-state index contributed by atoms with van der Waals surface area (Å²) >= 11 is 0. The summed E-state index contributed by atoms with van der Waals surface area (Å²) < 4.78 is 36.8. The third kappa shape index (κ3) is 5.47. The lowest BCUT2D eigenvalue weighted by atomic mass is 10.0. The Morgan fingerprint density at radius 2 is 1.69 bits per heavy atom. The number of halogens is 3. The molecule has 0 saturated carbocycles. The molecule has 4 nitrogen and oxygen atoms in total. The number of hydrogen-bond acceptors (Lipinski definition) is 2. The van der Waals surface area contributed by atoms with E-state index in [1.54, 1.807) is 13.8 Å². The van der Waals surface area contributed by atoms with Gasteiger partial charge in [0, 0.05) is 0 Å². The number of nitrogens with one attached hydrogen (secondary N) is 2. The average Bonchev–Trinajstić information content (AvgIpc) is 2.57. The number of amides is 2. The Bertz CT molecular complexity index is 782. The van der Waals surface area contributed by atoms with E-state index >= 15 is 0 Å². The largest absolute Gasteiger partial charge is 0.405 e. The van der Waals surface area contributed by atoms with E-state index < -0.39 is 30.6 Å². The Hall–Kier alpha value is -2.57. The highest BCUT2D eigenvalue weighted by atomic mass is 19.4. The molecule has 1 unspecified atom stereocenters. The number of fused-ring (bicyclic) bond motifs is 1. The summed E-state index contributed by atoms with van der Waals surface area (Å²) in [4.78, 5) is 24.4. The molecule has 7 heteroatoms. The van der Waals surface area contributed by atoms with Gasteiger partial charge in [-0.05, 0) is 22.3 Å². The van der Waals surface area contributed by atoms with E-state index in [0.29, 0.717) is 0 Å². The van der Waals surface area contributed by atoms with Gasteiger partial charge < -0.3 is 10.6 Å². The highest BCUT2D eigenvalue weighted by Crippen LogP contribution is 2.19. The average molecular weight is 366 g/mol. The maximum Gasteiger partial charge on any atom is 0.405 e. The second-order valence-electron chi connectivity index (χ2n) is 6.44. The van der Waals surface area contributed by atoms with Crippen molar-refractivity contribution in [2.75, 3.05) is 6.54 Å². The molecule has 2 N–H and O–H groups in total. The number of carbonyl (C=O) groups is 2. The topological polar surface area (TPSA) is 58.2 Å². The quantitative estimate of drug-likeness (QED) is 0.825. The predicted molar refractivity (Wildman–Crippen MR) is 93.5 cm³/mol. The van der Waals surface area contributed by atoms with Crippen LogP contribution < -0.4 is 10.6 Å². The second-order valence-corrected chi connectivity index (χ2v) is 6.44. The van der Waals surface area contributed by atoms with Crippen molar-refractivity contribution >= 4 is 22.6 Å². The van der Waals surface area contributed by atoms with Gasteiger partial charge in [-0.2, -0.15) is 13.2 Å². The molecular formula is C19H21F3N2O2. The SMILES string of the molecule is CC(C)C(NC(=O)Cc1cccc2ccccc12)C(=O)NCC(F)(F)F. The first-order chi connectivity index (χ1) is 12.2. The van der Waals surface area contributed by atoms with Crippen LogP contribution >= 0.6 is 0 Å². The molecule has 2 aromatic rings. The second kappa shape index (κ2) is 8.21. The van der Waals surface area contributed by atoms with Crippen molar-refractivity contribution in [1.29, 1.82) is 0 Å². The Kier molecular flexibility index (Phi) is 6.23. The number of hydrogen-bond donors (Lipinski definition) is 2. The minimum Gasteiger partial charge on any atom is -0.345 e. The molecule has 0 heterocycles. The molecule has 2 amide bonds. The van der Waals surface area contributed by atoms with Gasteiger partial charge in [0.25, 0.3) is 0 Å². The van der Waals surface area contributed by atoms with E-state index in [0.717, 1.165) is 16.3 Å². The molecule has 0 bridgehead atoms. The van der Waals surface area contributed by atoms with Crippen molar-refractivity contribution in [3.05, 3.63) is 48.0 Å². The van der Waals surface area contributed by atoms with E-state index in [4.69, 9.17) is 0 Å². The summed E-state index contributed by atoms with van der Waals surface area (Å²) in [6.07, 6.45) is -4.46. The summed E-state index contributed by atoms with van der Waals surface area (Å²) in [5.74, 6) is -1.61. The van der Waals surface area contributed by atoms with Crippen molar-refractivity contribution in [1.82, 2.24) is 10.6 Å². The van der Waals surface area contributed by atoms with Crippen LogP contribution in [0.25, 0.3) is 10.8 Å². The Balaban J connectivity index is 2.06. The van der Waals surface area contributed by atoms with Crippen LogP contribution in [0.4, 0.5) is 13.2 Å². The van der Waals surface area contributed by atoms with Crippen LogP contribution in [0.5, 0.6) is 0 Å². The standard InChI is InChI=1S/C19H21F3N2O2/c1-12(2)17(18(26)23-11-19(20,21)22)24-16(25)10-14-8-5-7-13-6-3-4-9-15(13)14/h3-9,12,17H,10-11H2,1-2H3,(H,23,26)(H,24,25). The molecule has 2 aromatic carbocycles. The normalized spacial score (nSPS) is 12.8. The number of rotatable bonds is 6. The van der Waals surface area contributed by atoms with Crippen molar-refractivity contribution in [3.8, 4) is 0 Å². The fraction of sp³-hybridized carbons (Fsp3) is 0.368. The van der Waals surface area contributed by atoms with Crippen LogP contribution in [-0.2, 0) is 16.0 Å².